The van der Waals surface area contributed by atoms with E-state index in [0.29, 0.717) is 0 Å². The van der Waals surface area contributed by atoms with Crippen LogP contribution in [0, 0.1) is 0 Å². The van der Waals surface area contributed by atoms with Crippen molar-refractivity contribution in [3.63, 3.8) is 0 Å². The zero-order valence-corrected chi connectivity index (χ0v) is 11.3. The number of benzene rings is 2. The molecule has 2 rings (SSSR count). The van der Waals surface area contributed by atoms with Gasteiger partial charge in [-0.2, -0.15) is 0 Å². The molecule has 0 aliphatic heterocycles. The molecule has 0 spiro atoms. The van der Waals surface area contributed by atoms with Gasteiger partial charge < -0.3 is 9.47 Å². The molecule has 0 amide bonds. The van der Waals surface area contributed by atoms with Gasteiger partial charge in [0.25, 0.3) is 0 Å². The summed E-state index contributed by atoms with van der Waals surface area (Å²) in [5, 5.41) is 0. The maximum atomic E-state index is 5.25. The Morgan fingerprint density at radius 3 is 2.11 bits per heavy atom. The van der Waals surface area contributed by atoms with E-state index in [1.54, 1.807) is 14.2 Å². The molecule has 0 radical (unpaired) electrons. The Kier molecular flexibility index (Phi) is 4.62. The first-order valence-corrected chi connectivity index (χ1v) is 6.25. The van der Waals surface area contributed by atoms with Gasteiger partial charge in [-0.25, -0.2) is 0 Å². The molecular formula is C17H18O2. The summed E-state index contributed by atoms with van der Waals surface area (Å²) in [5.74, 6) is 1.61. The SMILES string of the molecule is COc1cc(C=CCc2ccccc2)cc(OC)c1. The average molecular weight is 254 g/mol. The van der Waals surface area contributed by atoms with Gasteiger partial charge in [-0.05, 0) is 29.7 Å². The van der Waals surface area contributed by atoms with E-state index in [1.165, 1.54) is 5.56 Å². The standard InChI is InChI=1S/C17H18O2/c1-18-16-11-15(12-17(13-16)19-2)10-6-9-14-7-4-3-5-8-14/h3-8,10-13H,9H2,1-2H3. The van der Waals surface area contributed by atoms with E-state index >= 15 is 0 Å². The first-order valence-electron chi connectivity index (χ1n) is 6.25. The molecule has 0 bridgehead atoms. The van der Waals surface area contributed by atoms with Crippen LogP contribution in [0.4, 0.5) is 0 Å². The van der Waals surface area contributed by atoms with Gasteiger partial charge in [0, 0.05) is 6.07 Å². The van der Waals surface area contributed by atoms with E-state index in [4.69, 9.17) is 9.47 Å². The highest BCUT2D eigenvalue weighted by Crippen LogP contribution is 2.23. The molecule has 0 aromatic heterocycles. The Balaban J connectivity index is 2.10. The number of methoxy groups -OCH3 is 2. The minimum atomic E-state index is 0.804. The van der Waals surface area contributed by atoms with Gasteiger partial charge in [0.05, 0.1) is 14.2 Å². The molecule has 19 heavy (non-hydrogen) atoms. The maximum absolute atomic E-state index is 5.25. The smallest absolute Gasteiger partial charge is 0.123 e. The summed E-state index contributed by atoms with van der Waals surface area (Å²) >= 11 is 0. The van der Waals surface area contributed by atoms with Crippen LogP contribution in [0.25, 0.3) is 6.08 Å². The third-order valence-corrected chi connectivity index (χ3v) is 2.88. The van der Waals surface area contributed by atoms with Crippen molar-refractivity contribution in [3.8, 4) is 11.5 Å². The van der Waals surface area contributed by atoms with Gasteiger partial charge >= 0.3 is 0 Å². The summed E-state index contributed by atoms with van der Waals surface area (Å²) < 4.78 is 10.5. The third-order valence-electron chi connectivity index (χ3n) is 2.88. The monoisotopic (exact) mass is 254 g/mol. The van der Waals surface area contributed by atoms with E-state index < -0.39 is 0 Å². The van der Waals surface area contributed by atoms with Crippen LogP contribution in [-0.4, -0.2) is 14.2 Å². The highest BCUT2D eigenvalue weighted by atomic mass is 16.5. The summed E-state index contributed by atoms with van der Waals surface area (Å²) in [5.41, 5.74) is 2.38. The largest absolute Gasteiger partial charge is 0.497 e. The Morgan fingerprint density at radius 2 is 1.53 bits per heavy atom. The van der Waals surface area contributed by atoms with Gasteiger partial charge in [0.15, 0.2) is 0 Å². The quantitative estimate of drug-likeness (QED) is 0.804. The topological polar surface area (TPSA) is 18.5 Å². The van der Waals surface area contributed by atoms with E-state index in [-0.39, 0.29) is 0 Å². The highest BCUT2D eigenvalue weighted by Gasteiger charge is 1.99. The highest BCUT2D eigenvalue weighted by molar-refractivity contribution is 5.55. The zero-order valence-electron chi connectivity index (χ0n) is 11.3. The molecular weight excluding hydrogens is 236 g/mol. The number of allylic oxidation sites excluding steroid dienone is 1. The molecule has 2 aromatic carbocycles. The lowest BCUT2D eigenvalue weighted by molar-refractivity contribution is 0.394. The van der Waals surface area contributed by atoms with Gasteiger partial charge in [-0.3, -0.25) is 0 Å². The molecule has 0 aliphatic rings. The van der Waals surface area contributed by atoms with Gasteiger partial charge in [0.2, 0.25) is 0 Å². The lowest BCUT2D eigenvalue weighted by Crippen LogP contribution is -1.88. The van der Waals surface area contributed by atoms with Crippen LogP contribution in [0.3, 0.4) is 0 Å². The number of rotatable bonds is 5. The van der Waals surface area contributed by atoms with Gasteiger partial charge in [0.1, 0.15) is 11.5 Å². The zero-order chi connectivity index (χ0) is 13.5. The van der Waals surface area contributed by atoms with Gasteiger partial charge in [-0.15, -0.1) is 0 Å². The minimum absolute atomic E-state index is 0.804. The van der Waals surface area contributed by atoms with E-state index in [1.807, 2.05) is 24.3 Å². The fraction of sp³-hybridized carbons (Fsp3) is 0.176. The summed E-state index contributed by atoms with van der Waals surface area (Å²) in [6.07, 6.45) is 5.14. The second-order valence-corrected chi connectivity index (χ2v) is 4.24. The van der Waals surface area contributed by atoms with E-state index in [9.17, 15) is 0 Å². The summed E-state index contributed by atoms with van der Waals surface area (Å²) in [6.45, 7) is 0. The van der Waals surface area contributed by atoms with Gasteiger partial charge in [-0.1, -0.05) is 42.5 Å². The van der Waals surface area contributed by atoms with Crippen LogP contribution in [0.15, 0.2) is 54.6 Å². The predicted molar refractivity (Wildman–Crippen MR) is 78.7 cm³/mol. The van der Waals surface area contributed by atoms with Crippen molar-refractivity contribution in [1.29, 1.82) is 0 Å². The van der Waals surface area contributed by atoms with Crippen LogP contribution < -0.4 is 9.47 Å². The van der Waals surface area contributed by atoms with Crippen molar-refractivity contribution in [2.24, 2.45) is 0 Å². The lowest BCUT2D eigenvalue weighted by Gasteiger charge is -2.05. The van der Waals surface area contributed by atoms with Crippen molar-refractivity contribution in [2.75, 3.05) is 14.2 Å². The first-order chi connectivity index (χ1) is 9.31. The molecule has 2 heteroatoms. The molecule has 2 aromatic rings. The maximum Gasteiger partial charge on any atom is 0.123 e. The van der Waals surface area contributed by atoms with Crippen molar-refractivity contribution >= 4 is 6.08 Å². The number of hydrogen-bond donors (Lipinski definition) is 0. The Hall–Kier alpha value is -2.22. The van der Waals surface area contributed by atoms with Crippen LogP contribution in [0.2, 0.25) is 0 Å². The molecule has 0 aliphatic carbocycles. The van der Waals surface area contributed by atoms with Crippen LogP contribution in [0.5, 0.6) is 11.5 Å². The second kappa shape index (κ2) is 6.64. The second-order valence-electron chi connectivity index (χ2n) is 4.24. The molecule has 98 valence electrons. The van der Waals surface area contributed by atoms with E-state index in [0.717, 1.165) is 23.5 Å². The summed E-state index contributed by atoms with van der Waals surface area (Å²) in [6, 6.07) is 16.2. The first kappa shape index (κ1) is 13.2. The van der Waals surface area contributed by atoms with Crippen molar-refractivity contribution in [2.45, 2.75) is 6.42 Å². The number of hydrogen-bond acceptors (Lipinski definition) is 2. The molecule has 0 fully saturated rings. The normalized spacial score (nSPS) is 10.6. The fourth-order valence-electron chi connectivity index (χ4n) is 1.87. The Labute approximate surface area is 114 Å². The minimum Gasteiger partial charge on any atom is -0.497 e. The predicted octanol–water partition coefficient (Wildman–Crippen LogP) is 3.96. The fourth-order valence-corrected chi connectivity index (χ4v) is 1.87. The molecule has 2 nitrogen and oxygen atoms in total. The summed E-state index contributed by atoms with van der Waals surface area (Å²) in [4.78, 5) is 0. The van der Waals surface area contributed by atoms with E-state index in [2.05, 4.69) is 36.4 Å². The van der Waals surface area contributed by atoms with Crippen molar-refractivity contribution in [1.82, 2.24) is 0 Å². The molecule has 0 saturated heterocycles. The summed E-state index contributed by atoms with van der Waals surface area (Å²) in [7, 11) is 3.32. The van der Waals surface area contributed by atoms with Crippen molar-refractivity contribution in [3.05, 3.63) is 65.7 Å². The third kappa shape index (κ3) is 3.88. The average Bonchev–Trinajstić information content (AvgIpc) is 2.48. The molecule has 0 atom stereocenters. The van der Waals surface area contributed by atoms with Crippen LogP contribution >= 0.6 is 0 Å². The lowest BCUT2D eigenvalue weighted by atomic mass is 10.1. The van der Waals surface area contributed by atoms with Crippen LogP contribution in [0.1, 0.15) is 11.1 Å². The Bertz CT molecular complexity index is 522. The molecule has 0 saturated carbocycles. The Morgan fingerprint density at radius 1 is 0.895 bits per heavy atom. The molecule has 0 N–H and O–H groups in total. The van der Waals surface area contributed by atoms with Crippen molar-refractivity contribution < 1.29 is 9.47 Å². The van der Waals surface area contributed by atoms with Crippen LogP contribution in [-0.2, 0) is 6.42 Å². The molecule has 0 unspecified atom stereocenters. The number of ether oxygens (including phenoxy) is 2. The molecule has 0 heterocycles.